The zero-order valence-corrected chi connectivity index (χ0v) is 13.4. The Kier molecular flexibility index (Phi) is 6.72. The van der Waals surface area contributed by atoms with E-state index in [1.54, 1.807) is 7.11 Å². The smallest absolute Gasteiger partial charge is 0.123 e. The molecule has 1 aromatic rings. The van der Waals surface area contributed by atoms with Crippen molar-refractivity contribution in [1.29, 1.82) is 0 Å². The van der Waals surface area contributed by atoms with Crippen molar-refractivity contribution in [3.8, 4) is 5.75 Å². The second-order valence-corrected chi connectivity index (χ2v) is 5.41. The van der Waals surface area contributed by atoms with Gasteiger partial charge in [-0.25, -0.2) is 0 Å². The number of nitrogens with one attached hydrogen (secondary N) is 1. The average Bonchev–Trinajstić information content (AvgIpc) is 2.39. The number of halogens is 1. The van der Waals surface area contributed by atoms with Crippen LogP contribution in [0.2, 0.25) is 0 Å². The van der Waals surface area contributed by atoms with E-state index in [1.807, 2.05) is 12.1 Å². The highest BCUT2D eigenvalue weighted by molar-refractivity contribution is 9.10. The van der Waals surface area contributed by atoms with Gasteiger partial charge in [0.1, 0.15) is 5.75 Å². The zero-order chi connectivity index (χ0) is 13.5. The average molecular weight is 314 g/mol. The molecule has 0 heterocycles. The van der Waals surface area contributed by atoms with Crippen LogP contribution >= 0.6 is 15.9 Å². The maximum absolute atomic E-state index is 5.51. The lowest BCUT2D eigenvalue weighted by molar-refractivity contribution is 0.329. The molecule has 3 heteroatoms. The summed E-state index contributed by atoms with van der Waals surface area (Å²) in [4.78, 5) is 0. The summed E-state index contributed by atoms with van der Waals surface area (Å²) in [7, 11) is 1.74. The van der Waals surface area contributed by atoms with E-state index < -0.39 is 0 Å². The van der Waals surface area contributed by atoms with E-state index in [0.29, 0.717) is 12.0 Å². The molecule has 0 radical (unpaired) electrons. The van der Waals surface area contributed by atoms with Gasteiger partial charge < -0.3 is 10.1 Å². The van der Waals surface area contributed by atoms with Crippen LogP contribution in [0, 0.1) is 5.92 Å². The Morgan fingerprint density at radius 2 is 1.89 bits per heavy atom. The summed E-state index contributed by atoms with van der Waals surface area (Å²) >= 11 is 3.55. The van der Waals surface area contributed by atoms with Gasteiger partial charge >= 0.3 is 0 Å². The number of rotatable bonds is 7. The highest BCUT2D eigenvalue weighted by Gasteiger charge is 2.22. The molecule has 0 bridgehead atoms. The van der Waals surface area contributed by atoms with Crippen LogP contribution in [0.25, 0.3) is 0 Å². The van der Waals surface area contributed by atoms with Crippen molar-refractivity contribution >= 4 is 15.9 Å². The molecule has 1 aromatic carbocycles. The Labute approximate surface area is 119 Å². The fourth-order valence-electron chi connectivity index (χ4n) is 2.46. The third-order valence-electron chi connectivity index (χ3n) is 3.47. The third kappa shape index (κ3) is 3.72. The first kappa shape index (κ1) is 15.5. The number of ether oxygens (including phenoxy) is 1. The molecule has 0 aliphatic rings. The molecule has 0 aromatic heterocycles. The molecule has 0 aliphatic heterocycles. The second-order valence-electron chi connectivity index (χ2n) is 4.50. The van der Waals surface area contributed by atoms with Crippen molar-refractivity contribution in [3.63, 3.8) is 0 Å². The molecular formula is C15H24BrNO. The monoisotopic (exact) mass is 313 g/mol. The standard InChI is InChI=1S/C15H24BrNO/c1-5-11(6-2)15(17-7-3)13-10-12(16)8-9-14(13)18-4/h8-11,15,17H,5-7H2,1-4H3. The molecule has 0 saturated heterocycles. The normalized spacial score (nSPS) is 12.8. The first-order valence-electron chi connectivity index (χ1n) is 6.74. The van der Waals surface area contributed by atoms with Crippen molar-refractivity contribution in [2.24, 2.45) is 5.92 Å². The highest BCUT2D eigenvalue weighted by Crippen LogP contribution is 2.35. The molecule has 0 saturated carbocycles. The summed E-state index contributed by atoms with van der Waals surface area (Å²) in [5, 5.41) is 3.60. The predicted octanol–water partition coefficient (Wildman–Crippen LogP) is 4.54. The first-order valence-corrected chi connectivity index (χ1v) is 7.53. The van der Waals surface area contributed by atoms with E-state index in [1.165, 1.54) is 18.4 Å². The number of hydrogen-bond donors (Lipinski definition) is 1. The summed E-state index contributed by atoms with van der Waals surface area (Å²) in [5.74, 6) is 1.60. The largest absolute Gasteiger partial charge is 0.496 e. The number of methoxy groups -OCH3 is 1. The quantitative estimate of drug-likeness (QED) is 0.797. The predicted molar refractivity (Wildman–Crippen MR) is 81.2 cm³/mol. The molecule has 0 spiro atoms. The molecule has 0 fully saturated rings. The van der Waals surface area contributed by atoms with Crippen LogP contribution in [0.1, 0.15) is 45.2 Å². The maximum Gasteiger partial charge on any atom is 0.123 e. The van der Waals surface area contributed by atoms with Gasteiger partial charge in [-0.2, -0.15) is 0 Å². The van der Waals surface area contributed by atoms with Crippen molar-refractivity contribution in [1.82, 2.24) is 5.32 Å². The summed E-state index contributed by atoms with van der Waals surface area (Å²) in [6.07, 6.45) is 2.34. The zero-order valence-electron chi connectivity index (χ0n) is 11.8. The van der Waals surface area contributed by atoms with Crippen LogP contribution in [-0.4, -0.2) is 13.7 Å². The number of benzene rings is 1. The SMILES string of the molecule is CCNC(c1cc(Br)ccc1OC)C(CC)CC. The van der Waals surface area contributed by atoms with Crippen LogP contribution in [0.5, 0.6) is 5.75 Å². The van der Waals surface area contributed by atoms with Gasteiger partial charge in [0.2, 0.25) is 0 Å². The lowest BCUT2D eigenvalue weighted by atomic mass is 9.88. The van der Waals surface area contributed by atoms with Gasteiger partial charge in [-0.3, -0.25) is 0 Å². The van der Waals surface area contributed by atoms with E-state index in [-0.39, 0.29) is 0 Å². The minimum absolute atomic E-state index is 0.359. The summed E-state index contributed by atoms with van der Waals surface area (Å²) in [5.41, 5.74) is 1.25. The van der Waals surface area contributed by atoms with Crippen molar-refractivity contribution < 1.29 is 4.74 Å². The third-order valence-corrected chi connectivity index (χ3v) is 3.96. The van der Waals surface area contributed by atoms with Gasteiger partial charge in [0.25, 0.3) is 0 Å². The minimum Gasteiger partial charge on any atom is -0.496 e. The molecule has 1 rings (SSSR count). The summed E-state index contributed by atoms with van der Waals surface area (Å²) < 4.78 is 6.61. The van der Waals surface area contributed by atoms with E-state index in [0.717, 1.165) is 16.8 Å². The van der Waals surface area contributed by atoms with Gasteiger partial charge in [-0.15, -0.1) is 0 Å². The van der Waals surface area contributed by atoms with Gasteiger partial charge in [0, 0.05) is 16.1 Å². The van der Waals surface area contributed by atoms with E-state index in [9.17, 15) is 0 Å². The molecule has 102 valence electrons. The van der Waals surface area contributed by atoms with Crippen molar-refractivity contribution in [2.75, 3.05) is 13.7 Å². The lowest BCUT2D eigenvalue weighted by Gasteiger charge is -2.28. The molecule has 0 amide bonds. The van der Waals surface area contributed by atoms with E-state index >= 15 is 0 Å². The fourth-order valence-corrected chi connectivity index (χ4v) is 2.84. The Bertz CT molecular complexity index is 364. The molecule has 1 atom stereocenters. The molecule has 1 unspecified atom stereocenters. The Balaban J connectivity index is 3.14. The second kappa shape index (κ2) is 7.80. The van der Waals surface area contributed by atoms with E-state index in [4.69, 9.17) is 4.74 Å². The first-order chi connectivity index (χ1) is 8.67. The van der Waals surface area contributed by atoms with Gasteiger partial charge in [-0.1, -0.05) is 49.5 Å². The molecule has 2 nitrogen and oxygen atoms in total. The Morgan fingerprint density at radius 1 is 1.22 bits per heavy atom. The fraction of sp³-hybridized carbons (Fsp3) is 0.600. The topological polar surface area (TPSA) is 21.3 Å². The highest BCUT2D eigenvalue weighted by atomic mass is 79.9. The minimum atomic E-state index is 0.359. The van der Waals surface area contributed by atoms with Gasteiger partial charge in [0.15, 0.2) is 0 Å². The molecule has 18 heavy (non-hydrogen) atoms. The van der Waals surface area contributed by atoms with Crippen LogP contribution in [-0.2, 0) is 0 Å². The van der Waals surface area contributed by atoms with Crippen LogP contribution < -0.4 is 10.1 Å². The number of hydrogen-bond acceptors (Lipinski definition) is 2. The van der Waals surface area contributed by atoms with Gasteiger partial charge in [0.05, 0.1) is 7.11 Å². The Hall–Kier alpha value is -0.540. The molecule has 0 aliphatic carbocycles. The lowest BCUT2D eigenvalue weighted by Crippen LogP contribution is -2.28. The van der Waals surface area contributed by atoms with Crippen molar-refractivity contribution in [3.05, 3.63) is 28.2 Å². The summed E-state index contributed by atoms with van der Waals surface area (Å²) in [6, 6.07) is 6.59. The maximum atomic E-state index is 5.51. The van der Waals surface area contributed by atoms with Crippen molar-refractivity contribution in [2.45, 2.75) is 39.7 Å². The van der Waals surface area contributed by atoms with Crippen LogP contribution in [0.4, 0.5) is 0 Å². The van der Waals surface area contributed by atoms with E-state index in [2.05, 4.69) is 48.1 Å². The van der Waals surface area contributed by atoms with Gasteiger partial charge in [-0.05, 0) is 30.7 Å². The molecule has 1 N–H and O–H groups in total. The molecular weight excluding hydrogens is 290 g/mol. The summed E-state index contributed by atoms with van der Waals surface area (Å²) in [6.45, 7) is 7.63. The van der Waals surface area contributed by atoms with Crippen LogP contribution in [0.3, 0.4) is 0 Å². The van der Waals surface area contributed by atoms with Crippen LogP contribution in [0.15, 0.2) is 22.7 Å². The Morgan fingerprint density at radius 3 is 2.39 bits per heavy atom.